The molecule has 0 bridgehead atoms. The Labute approximate surface area is 142 Å². The minimum atomic E-state index is -1.67. The van der Waals surface area contributed by atoms with Crippen molar-refractivity contribution in [2.75, 3.05) is 0 Å². The van der Waals surface area contributed by atoms with E-state index in [1.807, 2.05) is 18.2 Å². The Bertz CT molecular complexity index is 565. The molecule has 1 fully saturated rings. The third-order valence-electron chi connectivity index (χ3n) is 4.44. The van der Waals surface area contributed by atoms with Crippen LogP contribution < -0.4 is 5.59 Å². The number of pyridine rings is 1. The number of nitrogens with zero attached hydrogens (tertiary/aromatic N) is 1. The van der Waals surface area contributed by atoms with Crippen LogP contribution in [0, 0.1) is 0 Å². The van der Waals surface area contributed by atoms with Crippen molar-refractivity contribution in [1.29, 1.82) is 0 Å². The summed E-state index contributed by atoms with van der Waals surface area (Å²) in [5.41, 5.74) is 0.560. The lowest BCUT2D eigenvalue weighted by Gasteiger charge is -2.32. The fraction of sp³-hybridized carbons (Fsp3) is 0.706. The Morgan fingerprint density at radius 1 is 1.04 bits per heavy atom. The first-order chi connectivity index (χ1) is 10.2. The molecular weight excluding hydrogens is 305 g/mol. The van der Waals surface area contributed by atoms with Crippen LogP contribution in [0.15, 0.2) is 18.2 Å². The fourth-order valence-corrected chi connectivity index (χ4v) is 4.34. The minimum absolute atomic E-state index is 0.361. The van der Waals surface area contributed by atoms with E-state index in [0.717, 1.165) is 11.3 Å². The zero-order chi connectivity index (χ0) is 17.7. The second-order valence-corrected chi connectivity index (χ2v) is 13.2. The van der Waals surface area contributed by atoms with Crippen LogP contribution in [0.2, 0.25) is 19.6 Å². The number of hydrogen-bond acceptors (Lipinski definition) is 4. The summed E-state index contributed by atoms with van der Waals surface area (Å²) in [4.78, 5) is 4.79. The topological polar surface area (TPSA) is 40.6 Å². The normalized spacial score (nSPS) is 20.8. The van der Waals surface area contributed by atoms with Crippen LogP contribution in [-0.4, -0.2) is 31.6 Å². The second-order valence-electron chi connectivity index (χ2n) is 8.76. The predicted octanol–water partition coefficient (Wildman–Crippen LogP) is 3.47. The van der Waals surface area contributed by atoms with E-state index in [4.69, 9.17) is 18.7 Å². The average molecular weight is 335 g/mol. The molecule has 2 heterocycles. The zero-order valence-electron chi connectivity index (χ0n) is 16.0. The molecule has 0 aromatic carbocycles. The van der Waals surface area contributed by atoms with Gasteiger partial charge in [0.15, 0.2) is 8.32 Å². The molecule has 0 amide bonds. The minimum Gasteiger partial charge on any atom is -0.407 e. The molecule has 0 saturated carbocycles. The van der Waals surface area contributed by atoms with E-state index in [2.05, 4.69) is 61.2 Å². The molecule has 0 aliphatic carbocycles. The lowest BCUT2D eigenvalue weighted by atomic mass is 9.83. The Kier molecular flexibility index (Phi) is 4.61. The lowest BCUT2D eigenvalue weighted by molar-refractivity contribution is 0.00578. The highest BCUT2D eigenvalue weighted by atomic mass is 28.4. The molecule has 1 aliphatic heterocycles. The molecule has 4 nitrogen and oxygen atoms in total. The number of hydrogen-bond donors (Lipinski definition) is 0. The van der Waals surface area contributed by atoms with E-state index in [9.17, 15) is 0 Å². The van der Waals surface area contributed by atoms with Crippen molar-refractivity contribution in [1.82, 2.24) is 4.98 Å². The molecule has 0 N–H and O–H groups in total. The van der Waals surface area contributed by atoms with Crippen LogP contribution >= 0.6 is 0 Å². The average Bonchev–Trinajstić information content (AvgIpc) is 2.56. The molecular formula is C17H30BNO3Si. The molecule has 1 aromatic rings. The summed E-state index contributed by atoms with van der Waals surface area (Å²) in [5.74, 6) is 0. The maximum Gasteiger partial charge on any atom is 0.514 e. The van der Waals surface area contributed by atoms with Crippen LogP contribution in [0.25, 0.3) is 0 Å². The maximum absolute atomic E-state index is 6.31. The quantitative estimate of drug-likeness (QED) is 0.790. The van der Waals surface area contributed by atoms with Crippen LogP contribution in [0.1, 0.15) is 47.2 Å². The summed E-state index contributed by atoms with van der Waals surface area (Å²) in [6.45, 7) is 18.9. The van der Waals surface area contributed by atoms with Gasteiger partial charge in [0, 0.05) is 0 Å². The summed E-state index contributed by atoms with van der Waals surface area (Å²) in [7, 11) is -2.11. The smallest absolute Gasteiger partial charge is 0.407 e. The highest BCUT2D eigenvalue weighted by Gasteiger charge is 2.52. The van der Waals surface area contributed by atoms with E-state index in [-0.39, 0.29) is 11.2 Å². The van der Waals surface area contributed by atoms with Crippen LogP contribution in [0.3, 0.4) is 0 Å². The molecule has 1 aromatic heterocycles. The third kappa shape index (κ3) is 4.05. The zero-order valence-corrected chi connectivity index (χ0v) is 17.0. The van der Waals surface area contributed by atoms with Crippen LogP contribution in [0.5, 0.6) is 0 Å². The molecule has 0 spiro atoms. The largest absolute Gasteiger partial charge is 0.514 e. The van der Waals surface area contributed by atoms with E-state index in [1.54, 1.807) is 0 Å². The highest BCUT2D eigenvalue weighted by Crippen LogP contribution is 2.36. The molecule has 6 heteroatoms. The molecule has 1 aliphatic rings. The Morgan fingerprint density at radius 3 is 2.04 bits per heavy atom. The van der Waals surface area contributed by atoms with Gasteiger partial charge in [-0.2, -0.15) is 0 Å². The predicted molar refractivity (Wildman–Crippen MR) is 97.4 cm³/mol. The Morgan fingerprint density at radius 2 is 1.57 bits per heavy atom. The van der Waals surface area contributed by atoms with Crippen molar-refractivity contribution in [3.63, 3.8) is 0 Å². The van der Waals surface area contributed by atoms with Crippen molar-refractivity contribution in [2.24, 2.45) is 0 Å². The maximum atomic E-state index is 6.31. The van der Waals surface area contributed by atoms with Crippen molar-refractivity contribution in [2.45, 2.75) is 78.0 Å². The fourth-order valence-electron chi connectivity index (χ4n) is 2.70. The van der Waals surface area contributed by atoms with Gasteiger partial charge < -0.3 is 13.7 Å². The first-order valence-electron chi connectivity index (χ1n) is 8.27. The first-order valence-corrected chi connectivity index (χ1v) is 11.7. The SMILES string of the molecule is CC(C)(O[Si](C)(C)C)c1cccc(B2OC(C)(C)C(C)(C)O2)n1. The van der Waals surface area contributed by atoms with Gasteiger partial charge in [0.2, 0.25) is 0 Å². The van der Waals surface area contributed by atoms with Crippen molar-refractivity contribution in [3.05, 3.63) is 23.9 Å². The molecule has 2 rings (SSSR count). The monoisotopic (exact) mass is 335 g/mol. The highest BCUT2D eigenvalue weighted by molar-refractivity contribution is 6.69. The molecule has 128 valence electrons. The molecule has 0 radical (unpaired) electrons. The summed E-state index contributed by atoms with van der Waals surface area (Å²) >= 11 is 0. The summed E-state index contributed by atoms with van der Waals surface area (Å²) in [6.07, 6.45) is 0. The van der Waals surface area contributed by atoms with Crippen molar-refractivity contribution < 1.29 is 13.7 Å². The number of rotatable bonds is 4. The molecule has 23 heavy (non-hydrogen) atoms. The standard InChI is InChI=1S/C17H30BNO3Si/c1-15(2,22-23(7,8)9)13-11-10-12-14(19-13)18-20-16(3,4)17(5,6)21-18/h10-12H,1-9H3. The first kappa shape index (κ1) is 18.6. The Balaban J connectivity index is 2.28. The van der Waals surface area contributed by atoms with Gasteiger partial charge in [0.1, 0.15) is 0 Å². The summed E-state index contributed by atoms with van der Waals surface area (Å²) in [5, 5.41) is 0. The Hall–Kier alpha value is -0.688. The van der Waals surface area contributed by atoms with Gasteiger partial charge in [-0.1, -0.05) is 6.07 Å². The van der Waals surface area contributed by atoms with Crippen molar-refractivity contribution in [3.8, 4) is 0 Å². The third-order valence-corrected chi connectivity index (χ3v) is 5.57. The number of aromatic nitrogens is 1. The van der Waals surface area contributed by atoms with Crippen molar-refractivity contribution >= 4 is 21.0 Å². The lowest BCUT2D eigenvalue weighted by Crippen LogP contribution is -2.41. The summed E-state index contributed by atoms with van der Waals surface area (Å²) < 4.78 is 18.5. The summed E-state index contributed by atoms with van der Waals surface area (Å²) in [6, 6.07) is 5.96. The van der Waals surface area contributed by atoms with E-state index < -0.39 is 21.0 Å². The van der Waals surface area contributed by atoms with E-state index >= 15 is 0 Å². The van der Waals surface area contributed by atoms with Gasteiger partial charge in [0.25, 0.3) is 0 Å². The van der Waals surface area contributed by atoms with E-state index in [0.29, 0.717) is 0 Å². The second kappa shape index (κ2) is 5.69. The van der Waals surface area contributed by atoms with E-state index in [1.165, 1.54) is 0 Å². The van der Waals surface area contributed by atoms with Crippen LogP contribution in [-0.2, 0) is 19.3 Å². The van der Waals surface area contributed by atoms with Gasteiger partial charge >= 0.3 is 7.12 Å². The van der Waals surface area contributed by atoms with Gasteiger partial charge in [0.05, 0.1) is 28.1 Å². The van der Waals surface area contributed by atoms with Gasteiger partial charge in [-0.25, -0.2) is 0 Å². The molecule has 0 atom stereocenters. The van der Waals surface area contributed by atoms with Crippen LogP contribution in [0.4, 0.5) is 0 Å². The molecule has 1 saturated heterocycles. The van der Waals surface area contributed by atoms with Gasteiger partial charge in [-0.15, -0.1) is 0 Å². The van der Waals surface area contributed by atoms with Gasteiger partial charge in [-0.3, -0.25) is 4.98 Å². The molecule has 0 unspecified atom stereocenters. The van der Waals surface area contributed by atoms with Gasteiger partial charge in [-0.05, 0) is 73.3 Å².